The molecule has 0 saturated heterocycles. The van der Waals surface area contributed by atoms with Crippen LogP contribution in [0.15, 0.2) is 0 Å². The molecule has 0 aliphatic carbocycles. The van der Waals surface area contributed by atoms with E-state index in [0.29, 0.717) is 0 Å². The standard InChI is InChI=1S/C13H23N5O3S/c1-10(14-12(19)9-17(2)22(3,20)21)13-16-15-11-7-5-4-6-8-18(11)13/h10H,4-9H2,1-3H3,(H,14,19)/t10-/m1/s1. The number of nitrogens with zero attached hydrogens (tertiary/aromatic N) is 4. The highest BCUT2D eigenvalue weighted by Gasteiger charge is 2.22. The fourth-order valence-electron chi connectivity index (χ4n) is 2.50. The van der Waals surface area contributed by atoms with Gasteiger partial charge < -0.3 is 9.88 Å². The summed E-state index contributed by atoms with van der Waals surface area (Å²) in [5.41, 5.74) is 0. The van der Waals surface area contributed by atoms with Gasteiger partial charge in [-0.25, -0.2) is 8.42 Å². The molecule has 1 amide bonds. The third kappa shape index (κ3) is 4.04. The molecule has 0 fully saturated rings. The summed E-state index contributed by atoms with van der Waals surface area (Å²) in [4.78, 5) is 12.0. The van der Waals surface area contributed by atoms with E-state index in [-0.39, 0.29) is 18.5 Å². The van der Waals surface area contributed by atoms with Gasteiger partial charge in [0.25, 0.3) is 0 Å². The Hall–Kier alpha value is -1.48. The molecule has 0 spiro atoms. The van der Waals surface area contributed by atoms with Gasteiger partial charge in [-0.15, -0.1) is 10.2 Å². The molecule has 1 N–H and O–H groups in total. The van der Waals surface area contributed by atoms with Gasteiger partial charge in [0.05, 0.1) is 18.8 Å². The van der Waals surface area contributed by atoms with Crippen LogP contribution in [-0.4, -0.2) is 53.2 Å². The Morgan fingerprint density at radius 3 is 2.77 bits per heavy atom. The molecule has 0 aromatic carbocycles. The molecule has 0 bridgehead atoms. The van der Waals surface area contributed by atoms with Crippen LogP contribution >= 0.6 is 0 Å². The number of aromatic nitrogens is 3. The van der Waals surface area contributed by atoms with Crippen molar-refractivity contribution in [2.24, 2.45) is 0 Å². The molecule has 124 valence electrons. The van der Waals surface area contributed by atoms with Gasteiger partial charge in [0.2, 0.25) is 15.9 Å². The molecule has 0 unspecified atom stereocenters. The first-order valence-corrected chi connectivity index (χ1v) is 9.26. The van der Waals surface area contributed by atoms with Crippen molar-refractivity contribution in [1.82, 2.24) is 24.4 Å². The van der Waals surface area contributed by atoms with Crippen LogP contribution in [0, 0.1) is 0 Å². The smallest absolute Gasteiger partial charge is 0.235 e. The second-order valence-electron chi connectivity index (χ2n) is 5.74. The molecule has 0 radical (unpaired) electrons. The minimum atomic E-state index is -3.37. The van der Waals surface area contributed by atoms with E-state index in [1.165, 1.54) is 13.5 Å². The fraction of sp³-hybridized carbons (Fsp3) is 0.769. The van der Waals surface area contributed by atoms with Gasteiger partial charge in [-0.1, -0.05) is 6.42 Å². The molecule has 1 aromatic heterocycles. The van der Waals surface area contributed by atoms with Crippen LogP contribution in [0.1, 0.15) is 43.9 Å². The maximum Gasteiger partial charge on any atom is 0.235 e. The molecule has 9 heteroatoms. The highest BCUT2D eigenvalue weighted by atomic mass is 32.2. The molecule has 22 heavy (non-hydrogen) atoms. The van der Waals surface area contributed by atoms with Crippen molar-refractivity contribution < 1.29 is 13.2 Å². The predicted molar refractivity (Wildman–Crippen MR) is 81.6 cm³/mol. The number of rotatable bonds is 5. The second-order valence-corrected chi connectivity index (χ2v) is 7.83. The van der Waals surface area contributed by atoms with Crippen LogP contribution in [-0.2, 0) is 27.8 Å². The maximum atomic E-state index is 12.0. The van der Waals surface area contributed by atoms with E-state index in [1.807, 2.05) is 6.92 Å². The molecule has 1 aliphatic heterocycles. The lowest BCUT2D eigenvalue weighted by molar-refractivity contribution is -0.121. The highest BCUT2D eigenvalue weighted by Crippen LogP contribution is 2.18. The van der Waals surface area contributed by atoms with Crippen molar-refractivity contribution in [3.05, 3.63) is 11.6 Å². The van der Waals surface area contributed by atoms with E-state index in [9.17, 15) is 13.2 Å². The van der Waals surface area contributed by atoms with Crippen LogP contribution in [0.4, 0.5) is 0 Å². The number of carbonyl (C=O) groups excluding carboxylic acids is 1. The Morgan fingerprint density at radius 2 is 2.09 bits per heavy atom. The van der Waals surface area contributed by atoms with Crippen LogP contribution < -0.4 is 5.32 Å². The number of sulfonamides is 1. The Labute approximate surface area is 130 Å². The van der Waals surface area contributed by atoms with E-state index in [0.717, 1.165) is 48.0 Å². The first-order chi connectivity index (χ1) is 10.3. The third-order valence-electron chi connectivity index (χ3n) is 3.84. The summed E-state index contributed by atoms with van der Waals surface area (Å²) in [5.74, 6) is 1.33. The number of likely N-dealkylation sites (N-methyl/N-ethyl adjacent to an activating group) is 1. The zero-order chi connectivity index (χ0) is 16.3. The van der Waals surface area contributed by atoms with Crippen molar-refractivity contribution in [2.75, 3.05) is 19.8 Å². The number of fused-ring (bicyclic) bond motifs is 1. The van der Waals surface area contributed by atoms with E-state index >= 15 is 0 Å². The number of hydrogen-bond donors (Lipinski definition) is 1. The molecule has 2 rings (SSSR count). The molecule has 0 saturated carbocycles. The van der Waals surface area contributed by atoms with Crippen LogP contribution in [0.2, 0.25) is 0 Å². The summed E-state index contributed by atoms with van der Waals surface area (Å²) in [7, 11) is -1.99. The van der Waals surface area contributed by atoms with E-state index in [2.05, 4.69) is 20.1 Å². The van der Waals surface area contributed by atoms with Crippen molar-refractivity contribution in [1.29, 1.82) is 0 Å². The monoisotopic (exact) mass is 329 g/mol. The van der Waals surface area contributed by atoms with Gasteiger partial charge in [0, 0.05) is 20.0 Å². The van der Waals surface area contributed by atoms with E-state index in [1.54, 1.807) is 0 Å². The van der Waals surface area contributed by atoms with Gasteiger partial charge in [0.1, 0.15) is 5.82 Å². The summed E-state index contributed by atoms with van der Waals surface area (Å²) in [6, 6.07) is -0.306. The SMILES string of the molecule is C[C@@H](NC(=O)CN(C)S(C)(=O)=O)c1nnc2n1CCCCC2. The molecule has 8 nitrogen and oxygen atoms in total. The average molecular weight is 329 g/mol. The number of carbonyl (C=O) groups is 1. The minimum Gasteiger partial charge on any atom is -0.345 e. The van der Waals surface area contributed by atoms with Gasteiger partial charge in [0.15, 0.2) is 5.82 Å². The minimum absolute atomic E-state index is 0.204. The van der Waals surface area contributed by atoms with Crippen molar-refractivity contribution in [2.45, 2.75) is 45.2 Å². The van der Waals surface area contributed by atoms with Crippen molar-refractivity contribution >= 4 is 15.9 Å². The predicted octanol–water partition coefficient (Wildman–Crippen LogP) is 0.0731. The zero-order valence-corrected chi connectivity index (χ0v) is 14.1. The van der Waals surface area contributed by atoms with Gasteiger partial charge >= 0.3 is 0 Å². The van der Waals surface area contributed by atoms with Crippen LogP contribution in [0.25, 0.3) is 0 Å². The van der Waals surface area contributed by atoms with E-state index in [4.69, 9.17) is 0 Å². The summed E-state index contributed by atoms with van der Waals surface area (Å²) in [5, 5.41) is 11.2. The van der Waals surface area contributed by atoms with Crippen LogP contribution in [0.5, 0.6) is 0 Å². The number of nitrogens with one attached hydrogen (secondary N) is 1. The number of hydrogen-bond acceptors (Lipinski definition) is 5. The quantitative estimate of drug-likeness (QED) is 0.825. The lowest BCUT2D eigenvalue weighted by Crippen LogP contribution is -2.39. The first-order valence-electron chi connectivity index (χ1n) is 7.41. The maximum absolute atomic E-state index is 12.0. The summed E-state index contributed by atoms with van der Waals surface area (Å²) < 4.78 is 25.7. The topological polar surface area (TPSA) is 97.2 Å². The Kier molecular flexibility index (Phi) is 5.17. The lowest BCUT2D eigenvalue weighted by Gasteiger charge is -2.18. The molecule has 2 heterocycles. The molecule has 1 aliphatic rings. The first kappa shape index (κ1) is 16.9. The summed E-state index contributed by atoms with van der Waals surface area (Å²) in [6.45, 7) is 2.49. The van der Waals surface area contributed by atoms with Gasteiger partial charge in [-0.2, -0.15) is 4.31 Å². The Morgan fingerprint density at radius 1 is 1.36 bits per heavy atom. The highest BCUT2D eigenvalue weighted by molar-refractivity contribution is 7.88. The van der Waals surface area contributed by atoms with Gasteiger partial charge in [-0.05, 0) is 19.8 Å². The van der Waals surface area contributed by atoms with Crippen molar-refractivity contribution in [3.8, 4) is 0 Å². The second kappa shape index (κ2) is 6.74. The number of aryl methyl sites for hydroxylation is 1. The molecular formula is C13H23N5O3S. The third-order valence-corrected chi connectivity index (χ3v) is 5.10. The summed E-state index contributed by atoms with van der Waals surface area (Å²) >= 11 is 0. The van der Waals surface area contributed by atoms with Crippen molar-refractivity contribution in [3.63, 3.8) is 0 Å². The zero-order valence-electron chi connectivity index (χ0n) is 13.2. The van der Waals surface area contributed by atoms with Gasteiger partial charge in [-0.3, -0.25) is 4.79 Å². The van der Waals surface area contributed by atoms with E-state index < -0.39 is 10.0 Å². The molecule has 1 atom stereocenters. The summed E-state index contributed by atoms with van der Waals surface area (Å²) in [6.07, 6.45) is 5.34. The fourth-order valence-corrected chi connectivity index (χ4v) is 2.85. The largest absolute Gasteiger partial charge is 0.345 e. The normalized spacial score (nSPS) is 16.9. The molecule has 1 aromatic rings. The lowest BCUT2D eigenvalue weighted by atomic mass is 10.2. The molecular weight excluding hydrogens is 306 g/mol. The average Bonchev–Trinajstić information content (AvgIpc) is 2.67. The van der Waals surface area contributed by atoms with Crippen LogP contribution in [0.3, 0.4) is 0 Å². The Balaban J connectivity index is 2.02. The number of amides is 1. The Bertz CT molecular complexity index is 640.